The molecule has 0 radical (unpaired) electrons. The van der Waals surface area contributed by atoms with Gasteiger partial charge in [-0.05, 0) is 35.9 Å². The summed E-state index contributed by atoms with van der Waals surface area (Å²) in [7, 11) is 1.89. The molecule has 2 aromatic rings. The Bertz CT molecular complexity index is 626. The Morgan fingerprint density at radius 3 is 2.45 bits per heavy atom. The number of anilines is 2. The van der Waals surface area contributed by atoms with Crippen molar-refractivity contribution < 1.29 is 4.79 Å². The van der Waals surface area contributed by atoms with Crippen LogP contribution >= 0.6 is 11.6 Å². The fourth-order valence-electron chi connectivity index (χ4n) is 2.02. The molecule has 20 heavy (non-hydrogen) atoms. The van der Waals surface area contributed by atoms with E-state index in [1.165, 1.54) is 0 Å². The zero-order valence-electron chi connectivity index (χ0n) is 11.1. The summed E-state index contributed by atoms with van der Waals surface area (Å²) in [5.41, 5.74) is 14.0. The molecule has 1 amide bonds. The predicted molar refractivity (Wildman–Crippen MR) is 82.9 cm³/mol. The summed E-state index contributed by atoms with van der Waals surface area (Å²) in [6.07, 6.45) is 0. The lowest BCUT2D eigenvalue weighted by Gasteiger charge is -2.22. The van der Waals surface area contributed by atoms with Gasteiger partial charge in [-0.1, -0.05) is 23.7 Å². The minimum absolute atomic E-state index is 0.412. The highest BCUT2D eigenvalue weighted by Crippen LogP contribution is 2.24. The van der Waals surface area contributed by atoms with Crippen LogP contribution in [0.25, 0.3) is 0 Å². The van der Waals surface area contributed by atoms with Gasteiger partial charge in [0.1, 0.15) is 0 Å². The number of amides is 1. The molecule has 0 aromatic heterocycles. The van der Waals surface area contributed by atoms with E-state index < -0.39 is 5.91 Å². The third-order valence-corrected chi connectivity index (χ3v) is 3.27. The van der Waals surface area contributed by atoms with Crippen molar-refractivity contribution in [3.05, 3.63) is 58.6 Å². The Morgan fingerprint density at radius 2 is 1.85 bits per heavy atom. The Kier molecular flexibility index (Phi) is 4.15. The number of nitrogens with two attached hydrogens (primary N) is 2. The molecule has 0 fully saturated rings. The molecule has 2 rings (SSSR count). The molecule has 5 heteroatoms. The molecular formula is C15H16ClN3O. The number of halogens is 1. The highest BCUT2D eigenvalue weighted by molar-refractivity contribution is 6.31. The minimum Gasteiger partial charge on any atom is -0.399 e. The van der Waals surface area contributed by atoms with Gasteiger partial charge in [-0.2, -0.15) is 0 Å². The van der Waals surface area contributed by atoms with Gasteiger partial charge in [0.2, 0.25) is 0 Å². The lowest BCUT2D eigenvalue weighted by molar-refractivity contribution is 0.100. The zero-order valence-corrected chi connectivity index (χ0v) is 11.9. The first-order valence-electron chi connectivity index (χ1n) is 6.12. The molecule has 0 saturated heterocycles. The normalized spacial score (nSPS) is 10.3. The molecule has 0 bridgehead atoms. The average molecular weight is 290 g/mol. The van der Waals surface area contributed by atoms with E-state index >= 15 is 0 Å². The van der Waals surface area contributed by atoms with Gasteiger partial charge in [0.05, 0.1) is 5.56 Å². The molecule has 0 unspecified atom stereocenters. The van der Waals surface area contributed by atoms with Gasteiger partial charge in [-0.3, -0.25) is 4.79 Å². The van der Waals surface area contributed by atoms with E-state index in [-0.39, 0.29) is 0 Å². The maximum absolute atomic E-state index is 11.5. The number of primary amides is 1. The third-order valence-electron chi connectivity index (χ3n) is 3.03. The molecule has 0 atom stereocenters. The standard InChI is InChI=1S/C15H16ClN3O/c1-19(9-10-2-5-12(17)6-3-10)14-7-4-11(16)8-13(14)15(18)20/h2-8H,9,17H2,1H3,(H2,18,20). The molecule has 0 aliphatic carbocycles. The molecule has 0 saturated carbocycles. The van der Waals surface area contributed by atoms with Crippen LogP contribution in [0.1, 0.15) is 15.9 Å². The zero-order chi connectivity index (χ0) is 14.7. The number of hydrogen-bond acceptors (Lipinski definition) is 3. The van der Waals surface area contributed by atoms with E-state index in [0.29, 0.717) is 17.1 Å². The highest BCUT2D eigenvalue weighted by Gasteiger charge is 2.12. The Labute approximate surface area is 122 Å². The number of hydrogen-bond donors (Lipinski definition) is 2. The van der Waals surface area contributed by atoms with Crippen molar-refractivity contribution in [2.24, 2.45) is 5.73 Å². The second-order valence-electron chi connectivity index (χ2n) is 4.62. The quantitative estimate of drug-likeness (QED) is 0.850. The Balaban J connectivity index is 2.27. The number of benzene rings is 2. The monoisotopic (exact) mass is 289 g/mol. The van der Waals surface area contributed by atoms with Crippen LogP contribution in [0.4, 0.5) is 11.4 Å². The van der Waals surface area contributed by atoms with E-state index in [0.717, 1.165) is 16.9 Å². The van der Waals surface area contributed by atoms with Crippen LogP contribution in [0, 0.1) is 0 Å². The van der Waals surface area contributed by atoms with E-state index in [2.05, 4.69) is 0 Å². The molecule has 104 valence electrons. The molecule has 0 aliphatic heterocycles. The summed E-state index contributed by atoms with van der Waals surface area (Å²) < 4.78 is 0. The SMILES string of the molecule is CN(Cc1ccc(N)cc1)c1ccc(Cl)cc1C(N)=O. The first kappa shape index (κ1) is 14.2. The molecule has 4 N–H and O–H groups in total. The Hall–Kier alpha value is -2.20. The third kappa shape index (κ3) is 3.22. The van der Waals surface area contributed by atoms with Crippen LogP contribution in [0.2, 0.25) is 5.02 Å². The number of nitrogen functional groups attached to an aromatic ring is 1. The van der Waals surface area contributed by atoms with Crippen molar-refractivity contribution in [3.8, 4) is 0 Å². The topological polar surface area (TPSA) is 72.3 Å². The van der Waals surface area contributed by atoms with Crippen LogP contribution in [-0.4, -0.2) is 13.0 Å². The molecule has 0 heterocycles. The van der Waals surface area contributed by atoms with E-state index in [1.807, 2.05) is 36.2 Å². The molecule has 4 nitrogen and oxygen atoms in total. The molecule has 2 aromatic carbocycles. The van der Waals surface area contributed by atoms with Crippen molar-refractivity contribution in [1.29, 1.82) is 0 Å². The van der Waals surface area contributed by atoms with E-state index in [1.54, 1.807) is 18.2 Å². The van der Waals surface area contributed by atoms with Crippen molar-refractivity contribution in [1.82, 2.24) is 0 Å². The summed E-state index contributed by atoms with van der Waals surface area (Å²) in [6, 6.07) is 12.7. The van der Waals surface area contributed by atoms with Crippen molar-refractivity contribution >= 4 is 28.9 Å². The van der Waals surface area contributed by atoms with E-state index in [9.17, 15) is 4.79 Å². The molecule has 0 spiro atoms. The van der Waals surface area contributed by atoms with Crippen molar-refractivity contribution in [2.75, 3.05) is 17.7 Å². The summed E-state index contributed by atoms with van der Waals surface area (Å²) in [5.74, 6) is -0.494. The first-order valence-corrected chi connectivity index (χ1v) is 6.50. The lowest BCUT2D eigenvalue weighted by Crippen LogP contribution is -2.22. The molecule has 0 aliphatic rings. The van der Waals surface area contributed by atoms with E-state index in [4.69, 9.17) is 23.1 Å². The van der Waals surface area contributed by atoms with Crippen LogP contribution in [0.15, 0.2) is 42.5 Å². The second kappa shape index (κ2) is 5.84. The average Bonchev–Trinajstić information content (AvgIpc) is 2.41. The molecular weight excluding hydrogens is 274 g/mol. The summed E-state index contributed by atoms with van der Waals surface area (Å²) in [5, 5.41) is 0.489. The maximum Gasteiger partial charge on any atom is 0.250 e. The van der Waals surface area contributed by atoms with Gasteiger partial charge < -0.3 is 16.4 Å². The number of rotatable bonds is 4. The predicted octanol–water partition coefficient (Wildman–Crippen LogP) is 2.66. The van der Waals surface area contributed by atoms with Crippen LogP contribution in [0.5, 0.6) is 0 Å². The van der Waals surface area contributed by atoms with Crippen LogP contribution in [-0.2, 0) is 6.54 Å². The van der Waals surface area contributed by atoms with Gasteiger partial charge in [0.15, 0.2) is 0 Å². The second-order valence-corrected chi connectivity index (χ2v) is 5.06. The van der Waals surface area contributed by atoms with Gasteiger partial charge in [0.25, 0.3) is 5.91 Å². The fraction of sp³-hybridized carbons (Fsp3) is 0.133. The summed E-state index contributed by atoms with van der Waals surface area (Å²) in [6.45, 7) is 0.641. The largest absolute Gasteiger partial charge is 0.399 e. The van der Waals surface area contributed by atoms with Crippen LogP contribution < -0.4 is 16.4 Å². The number of carbonyl (C=O) groups is 1. The van der Waals surface area contributed by atoms with Crippen molar-refractivity contribution in [2.45, 2.75) is 6.54 Å². The Morgan fingerprint density at radius 1 is 1.20 bits per heavy atom. The minimum atomic E-state index is -0.494. The number of nitrogens with zero attached hydrogens (tertiary/aromatic N) is 1. The van der Waals surface area contributed by atoms with Gasteiger partial charge >= 0.3 is 0 Å². The first-order chi connectivity index (χ1) is 9.47. The summed E-state index contributed by atoms with van der Waals surface area (Å²) >= 11 is 5.90. The van der Waals surface area contributed by atoms with Gasteiger partial charge in [0, 0.05) is 30.0 Å². The van der Waals surface area contributed by atoms with Gasteiger partial charge in [-0.15, -0.1) is 0 Å². The lowest BCUT2D eigenvalue weighted by atomic mass is 10.1. The number of carbonyl (C=O) groups excluding carboxylic acids is 1. The van der Waals surface area contributed by atoms with Gasteiger partial charge in [-0.25, -0.2) is 0 Å². The maximum atomic E-state index is 11.5. The van der Waals surface area contributed by atoms with Crippen molar-refractivity contribution in [3.63, 3.8) is 0 Å². The highest BCUT2D eigenvalue weighted by atomic mass is 35.5. The summed E-state index contributed by atoms with van der Waals surface area (Å²) in [4.78, 5) is 13.4. The smallest absolute Gasteiger partial charge is 0.250 e. The fourth-order valence-corrected chi connectivity index (χ4v) is 2.19. The van der Waals surface area contributed by atoms with Crippen LogP contribution in [0.3, 0.4) is 0 Å².